The Morgan fingerprint density at radius 3 is 2.33 bits per heavy atom. The van der Waals surface area contributed by atoms with Gasteiger partial charge in [-0.15, -0.1) is 0 Å². The van der Waals surface area contributed by atoms with E-state index in [1.807, 2.05) is 87.5 Å². The number of imidazole rings is 1. The molecule has 4 aromatic rings. The number of hydrogen-bond donors (Lipinski definition) is 1. The Morgan fingerprint density at radius 1 is 0.939 bits per heavy atom. The van der Waals surface area contributed by atoms with Gasteiger partial charge in [-0.3, -0.25) is 4.79 Å². The van der Waals surface area contributed by atoms with E-state index in [2.05, 4.69) is 4.98 Å². The van der Waals surface area contributed by atoms with Crippen LogP contribution in [0, 0.1) is 0 Å². The zero-order chi connectivity index (χ0) is 23.6. The maximum absolute atomic E-state index is 13.1. The number of aromatic nitrogens is 2. The van der Waals surface area contributed by atoms with E-state index < -0.39 is 11.6 Å². The topological polar surface area (TPSA) is 81.3 Å². The number of aromatic amines is 1. The normalized spacial score (nSPS) is 11.4. The van der Waals surface area contributed by atoms with Crippen molar-refractivity contribution >= 4 is 22.7 Å². The number of carbonyl (C=O) groups excluding carboxylic acids is 2. The number of benzene rings is 3. The van der Waals surface area contributed by atoms with Crippen molar-refractivity contribution in [2.24, 2.45) is 0 Å². The summed E-state index contributed by atoms with van der Waals surface area (Å²) in [7, 11) is 0. The third kappa shape index (κ3) is 5.12. The molecule has 0 amide bonds. The van der Waals surface area contributed by atoms with Crippen LogP contribution in [0.5, 0.6) is 0 Å². The molecule has 168 valence electrons. The van der Waals surface area contributed by atoms with Gasteiger partial charge in [0.1, 0.15) is 23.7 Å². The van der Waals surface area contributed by atoms with Crippen molar-refractivity contribution in [1.29, 1.82) is 0 Å². The first-order valence-electron chi connectivity index (χ1n) is 10.8. The summed E-state index contributed by atoms with van der Waals surface area (Å²) in [5.74, 6) is -0.217. The SMILES string of the molecule is CC(=O)OCc1ccc(-c2nc(-c3cccc4ccccc34)[nH]c2C(=O)OC(C)(C)C)cc1. The van der Waals surface area contributed by atoms with Gasteiger partial charge >= 0.3 is 11.9 Å². The lowest BCUT2D eigenvalue weighted by Crippen LogP contribution is -2.24. The lowest BCUT2D eigenvalue weighted by atomic mass is 10.0. The van der Waals surface area contributed by atoms with Crippen LogP contribution in [0.2, 0.25) is 0 Å². The number of H-pyrrole nitrogens is 1. The van der Waals surface area contributed by atoms with E-state index in [1.165, 1.54) is 6.92 Å². The van der Waals surface area contributed by atoms with Crippen LogP contribution in [-0.2, 0) is 20.9 Å². The Hall–Kier alpha value is -3.93. The molecule has 4 rings (SSSR count). The summed E-state index contributed by atoms with van der Waals surface area (Å²) in [6.07, 6.45) is 0. The fourth-order valence-corrected chi connectivity index (χ4v) is 3.56. The molecule has 0 aliphatic heterocycles. The summed E-state index contributed by atoms with van der Waals surface area (Å²) in [5, 5.41) is 2.12. The molecular weight excluding hydrogens is 416 g/mol. The zero-order valence-corrected chi connectivity index (χ0v) is 19.1. The van der Waals surface area contributed by atoms with Crippen molar-refractivity contribution < 1.29 is 19.1 Å². The maximum Gasteiger partial charge on any atom is 0.357 e. The van der Waals surface area contributed by atoms with Crippen LogP contribution in [0.15, 0.2) is 66.7 Å². The number of ether oxygens (including phenoxy) is 2. The largest absolute Gasteiger partial charge is 0.461 e. The van der Waals surface area contributed by atoms with Crippen LogP contribution < -0.4 is 0 Å². The van der Waals surface area contributed by atoms with Crippen molar-refractivity contribution in [3.05, 3.63) is 78.0 Å². The summed E-state index contributed by atoms with van der Waals surface area (Å²) in [6.45, 7) is 7.06. The van der Waals surface area contributed by atoms with Gasteiger partial charge in [0.15, 0.2) is 5.69 Å². The molecule has 0 bridgehead atoms. The van der Waals surface area contributed by atoms with Crippen molar-refractivity contribution in [3.63, 3.8) is 0 Å². The molecule has 0 aliphatic rings. The third-order valence-electron chi connectivity index (χ3n) is 5.02. The van der Waals surface area contributed by atoms with Crippen LogP contribution in [0.1, 0.15) is 43.7 Å². The highest BCUT2D eigenvalue weighted by Gasteiger charge is 2.25. The van der Waals surface area contributed by atoms with Crippen LogP contribution in [0.25, 0.3) is 33.4 Å². The molecule has 6 nitrogen and oxygen atoms in total. The Bertz CT molecular complexity index is 1310. The molecule has 0 saturated carbocycles. The fraction of sp³-hybridized carbons (Fsp3) is 0.222. The summed E-state index contributed by atoms with van der Waals surface area (Å²) in [4.78, 5) is 32.2. The first-order chi connectivity index (χ1) is 15.7. The molecule has 1 N–H and O–H groups in total. The van der Waals surface area contributed by atoms with Gasteiger partial charge in [-0.05, 0) is 37.1 Å². The number of nitrogens with zero attached hydrogens (tertiary/aromatic N) is 1. The summed E-state index contributed by atoms with van der Waals surface area (Å²) in [6, 6.07) is 21.4. The first kappa shape index (κ1) is 22.3. The van der Waals surface area contributed by atoms with Gasteiger partial charge in [0.25, 0.3) is 0 Å². The predicted molar refractivity (Wildman–Crippen MR) is 128 cm³/mol. The molecule has 3 aromatic carbocycles. The average molecular weight is 443 g/mol. The lowest BCUT2D eigenvalue weighted by Gasteiger charge is -2.19. The van der Waals surface area contributed by atoms with Gasteiger partial charge in [-0.1, -0.05) is 66.7 Å². The third-order valence-corrected chi connectivity index (χ3v) is 5.02. The van der Waals surface area contributed by atoms with Crippen molar-refractivity contribution in [2.75, 3.05) is 0 Å². The molecule has 1 heterocycles. The van der Waals surface area contributed by atoms with Crippen molar-refractivity contribution in [2.45, 2.75) is 39.9 Å². The Kier molecular flexibility index (Phi) is 6.01. The van der Waals surface area contributed by atoms with Crippen LogP contribution >= 0.6 is 0 Å². The van der Waals surface area contributed by atoms with Crippen LogP contribution in [0.3, 0.4) is 0 Å². The average Bonchev–Trinajstić information content (AvgIpc) is 3.22. The van der Waals surface area contributed by atoms with Gasteiger partial charge in [0, 0.05) is 18.1 Å². The van der Waals surface area contributed by atoms with Crippen molar-refractivity contribution in [1.82, 2.24) is 9.97 Å². The highest BCUT2D eigenvalue weighted by atomic mass is 16.6. The van der Waals surface area contributed by atoms with E-state index in [-0.39, 0.29) is 12.6 Å². The number of rotatable bonds is 5. The van der Waals surface area contributed by atoms with E-state index >= 15 is 0 Å². The number of fused-ring (bicyclic) bond motifs is 1. The highest BCUT2D eigenvalue weighted by Crippen LogP contribution is 2.31. The molecule has 6 heteroatoms. The van der Waals surface area contributed by atoms with Gasteiger partial charge in [0.2, 0.25) is 0 Å². The summed E-state index contributed by atoms with van der Waals surface area (Å²) < 4.78 is 10.7. The highest BCUT2D eigenvalue weighted by molar-refractivity contribution is 5.99. The number of hydrogen-bond acceptors (Lipinski definition) is 5. The summed E-state index contributed by atoms with van der Waals surface area (Å²) >= 11 is 0. The van der Waals surface area contributed by atoms with E-state index in [0.29, 0.717) is 17.2 Å². The minimum atomic E-state index is -0.646. The predicted octanol–water partition coefficient (Wildman–Crippen LogP) is 5.92. The molecule has 0 fully saturated rings. The fourth-order valence-electron chi connectivity index (χ4n) is 3.56. The Labute approximate surface area is 192 Å². The molecule has 0 saturated heterocycles. The molecule has 0 spiro atoms. The molecule has 0 radical (unpaired) electrons. The van der Waals surface area contributed by atoms with Crippen LogP contribution in [-0.4, -0.2) is 27.5 Å². The zero-order valence-electron chi connectivity index (χ0n) is 19.1. The molecular formula is C27H26N2O4. The van der Waals surface area contributed by atoms with Gasteiger partial charge in [0.05, 0.1) is 0 Å². The second kappa shape index (κ2) is 8.90. The maximum atomic E-state index is 13.1. The number of carbonyl (C=O) groups is 2. The Balaban J connectivity index is 1.79. The molecule has 0 aliphatic carbocycles. The first-order valence-corrected chi connectivity index (χ1v) is 10.8. The van der Waals surface area contributed by atoms with E-state index in [9.17, 15) is 9.59 Å². The van der Waals surface area contributed by atoms with E-state index in [0.717, 1.165) is 27.5 Å². The Morgan fingerprint density at radius 2 is 1.64 bits per heavy atom. The molecule has 1 aromatic heterocycles. The minimum absolute atomic E-state index is 0.191. The number of esters is 2. The van der Waals surface area contributed by atoms with E-state index in [1.54, 1.807) is 0 Å². The smallest absolute Gasteiger partial charge is 0.357 e. The van der Waals surface area contributed by atoms with Gasteiger partial charge < -0.3 is 14.5 Å². The second-order valence-corrected chi connectivity index (χ2v) is 8.81. The number of nitrogens with one attached hydrogen (secondary N) is 1. The second-order valence-electron chi connectivity index (χ2n) is 8.81. The minimum Gasteiger partial charge on any atom is -0.461 e. The van der Waals surface area contributed by atoms with Crippen molar-refractivity contribution in [3.8, 4) is 22.6 Å². The summed E-state index contributed by atoms with van der Waals surface area (Å²) in [5.41, 5.74) is 2.65. The van der Waals surface area contributed by atoms with Crippen LogP contribution in [0.4, 0.5) is 0 Å². The van der Waals surface area contributed by atoms with Gasteiger partial charge in [-0.2, -0.15) is 0 Å². The quantitative estimate of drug-likeness (QED) is 0.388. The van der Waals surface area contributed by atoms with E-state index in [4.69, 9.17) is 14.5 Å². The molecule has 0 unspecified atom stereocenters. The lowest BCUT2D eigenvalue weighted by molar-refractivity contribution is -0.142. The standard InChI is InChI=1S/C27H26N2O4/c1-17(30)32-16-18-12-14-20(15-13-18)23-24(26(31)33-27(2,3)4)29-25(28-23)22-11-7-9-19-8-5-6-10-21(19)22/h5-15H,16H2,1-4H3,(H,28,29). The molecule has 33 heavy (non-hydrogen) atoms. The molecule has 0 atom stereocenters. The van der Waals surface area contributed by atoms with Gasteiger partial charge in [-0.25, -0.2) is 9.78 Å². The monoisotopic (exact) mass is 442 g/mol.